The van der Waals surface area contributed by atoms with Gasteiger partial charge in [-0.25, -0.2) is 4.90 Å². The molecule has 4 rings (SSSR count). The fourth-order valence-electron chi connectivity index (χ4n) is 3.20. The van der Waals surface area contributed by atoms with Crippen molar-refractivity contribution in [3.8, 4) is 5.69 Å². The van der Waals surface area contributed by atoms with Crippen LogP contribution in [0.25, 0.3) is 11.8 Å². The van der Waals surface area contributed by atoms with Crippen molar-refractivity contribution >= 4 is 51.9 Å². The molecule has 136 valence electrons. The molecule has 1 aromatic heterocycles. The highest BCUT2D eigenvalue weighted by Crippen LogP contribution is 2.32. The van der Waals surface area contributed by atoms with Crippen molar-refractivity contribution in [1.82, 2.24) is 9.47 Å². The van der Waals surface area contributed by atoms with Gasteiger partial charge in [0.15, 0.2) is 5.17 Å². The summed E-state index contributed by atoms with van der Waals surface area (Å²) in [6, 6.07) is 12.1. The summed E-state index contributed by atoms with van der Waals surface area (Å²) >= 11 is 2.56. The average Bonchev–Trinajstić information content (AvgIpc) is 3.19. The highest BCUT2D eigenvalue weighted by atomic mass is 32.2. The minimum Gasteiger partial charge on any atom is -0.318 e. The first kappa shape index (κ1) is 17.8. The molecule has 0 radical (unpaired) electrons. The van der Waals surface area contributed by atoms with Crippen LogP contribution in [0, 0.1) is 19.3 Å². The average molecular weight is 396 g/mol. The largest absolute Gasteiger partial charge is 0.318 e. The van der Waals surface area contributed by atoms with Crippen LogP contribution < -0.4 is 0 Å². The molecule has 0 saturated heterocycles. The molecule has 1 amide bonds. The molecular weight excluding hydrogens is 378 g/mol. The SMILES string of the molecule is CSC1=NSC2=NC(=O)/C(=C\c3cc(C)n(-c4ccccc4)c3C)C(=N)N12. The molecule has 1 aromatic carbocycles. The van der Waals surface area contributed by atoms with E-state index in [-0.39, 0.29) is 11.4 Å². The van der Waals surface area contributed by atoms with Gasteiger partial charge in [0.2, 0.25) is 5.17 Å². The molecule has 0 spiro atoms. The Kier molecular flexibility index (Phi) is 4.53. The van der Waals surface area contributed by atoms with Gasteiger partial charge in [0, 0.05) is 17.1 Å². The summed E-state index contributed by atoms with van der Waals surface area (Å²) in [4.78, 5) is 18.3. The van der Waals surface area contributed by atoms with E-state index in [2.05, 4.69) is 14.0 Å². The number of amides is 1. The maximum atomic E-state index is 12.5. The summed E-state index contributed by atoms with van der Waals surface area (Å²) in [7, 11) is 0. The van der Waals surface area contributed by atoms with E-state index in [0.717, 1.165) is 34.6 Å². The Hall–Kier alpha value is -2.58. The summed E-state index contributed by atoms with van der Waals surface area (Å²) < 4.78 is 6.40. The quantitative estimate of drug-likeness (QED) is 0.615. The first-order chi connectivity index (χ1) is 13.0. The molecule has 6 nitrogen and oxygen atoms in total. The number of carbonyl (C=O) groups excluding carboxylic acids is 1. The summed E-state index contributed by atoms with van der Waals surface area (Å²) in [5, 5.41) is 9.63. The third-order valence-corrected chi connectivity index (χ3v) is 5.92. The Morgan fingerprint density at radius 3 is 2.67 bits per heavy atom. The number of hydrogen-bond acceptors (Lipinski definition) is 5. The summed E-state index contributed by atoms with van der Waals surface area (Å²) in [6.07, 6.45) is 3.65. The normalized spacial score (nSPS) is 18.0. The Morgan fingerprint density at radius 2 is 1.96 bits per heavy atom. The summed E-state index contributed by atoms with van der Waals surface area (Å²) in [5.74, 6) is -0.284. The van der Waals surface area contributed by atoms with Gasteiger partial charge >= 0.3 is 0 Å². The number of fused-ring (bicyclic) bond motifs is 1. The molecule has 1 N–H and O–H groups in total. The van der Waals surface area contributed by atoms with E-state index in [1.165, 1.54) is 11.8 Å². The molecule has 3 heterocycles. The maximum absolute atomic E-state index is 12.5. The second kappa shape index (κ2) is 6.86. The molecule has 8 heteroatoms. The molecule has 27 heavy (non-hydrogen) atoms. The number of amidine groups is 3. The zero-order chi connectivity index (χ0) is 19.1. The van der Waals surface area contributed by atoms with Crippen LogP contribution in [0.5, 0.6) is 0 Å². The number of thioether (sulfide) groups is 1. The van der Waals surface area contributed by atoms with Crippen LogP contribution in [-0.2, 0) is 4.79 Å². The van der Waals surface area contributed by atoms with E-state index < -0.39 is 5.91 Å². The van der Waals surface area contributed by atoms with Gasteiger partial charge in [0.05, 0.1) is 17.5 Å². The van der Waals surface area contributed by atoms with E-state index in [9.17, 15) is 4.79 Å². The predicted molar refractivity (Wildman–Crippen MR) is 114 cm³/mol. The van der Waals surface area contributed by atoms with Crippen LogP contribution in [0.4, 0.5) is 0 Å². The number of aliphatic imine (C=N–C) groups is 1. The molecule has 0 saturated carbocycles. The number of carbonyl (C=O) groups is 1. The van der Waals surface area contributed by atoms with Gasteiger partial charge < -0.3 is 4.57 Å². The number of aryl methyl sites for hydroxylation is 1. The minimum absolute atomic E-state index is 0.118. The third kappa shape index (κ3) is 2.94. The Labute approximate surface area is 165 Å². The van der Waals surface area contributed by atoms with Crippen molar-refractivity contribution in [3.05, 3.63) is 58.9 Å². The predicted octanol–water partition coefficient (Wildman–Crippen LogP) is 4.03. The molecule has 0 atom stereocenters. The smallest absolute Gasteiger partial charge is 0.283 e. The number of rotatable bonds is 2. The van der Waals surface area contributed by atoms with Crippen LogP contribution in [0.15, 0.2) is 51.4 Å². The fraction of sp³-hybridized carbons (Fsp3) is 0.158. The number of hydrogen-bond donors (Lipinski definition) is 1. The molecule has 0 unspecified atom stereocenters. The lowest BCUT2D eigenvalue weighted by atomic mass is 10.1. The third-order valence-electron chi connectivity index (χ3n) is 4.46. The zero-order valence-corrected chi connectivity index (χ0v) is 16.7. The molecular formula is C19H17N5OS2. The molecule has 0 bridgehead atoms. The molecule has 0 fully saturated rings. The lowest BCUT2D eigenvalue weighted by molar-refractivity contribution is -0.114. The van der Waals surface area contributed by atoms with Crippen molar-refractivity contribution in [2.75, 3.05) is 6.26 Å². The van der Waals surface area contributed by atoms with Gasteiger partial charge in [0.1, 0.15) is 5.84 Å². The topological polar surface area (TPSA) is 73.8 Å². The first-order valence-electron chi connectivity index (χ1n) is 8.28. The van der Waals surface area contributed by atoms with Crippen molar-refractivity contribution in [1.29, 1.82) is 5.41 Å². The molecule has 2 aromatic rings. The van der Waals surface area contributed by atoms with Crippen LogP contribution in [0.3, 0.4) is 0 Å². The standard InChI is InChI=1S/C19H17N5OS2/c1-11-9-13(12(2)23(11)14-7-5-4-6-8-14)10-15-16(20)24-18(21-17(15)25)27-22-19(24)26-3/h4-10,20H,1-3H3/b15-10-,20-16?. The van der Waals surface area contributed by atoms with Gasteiger partial charge in [-0.15, -0.1) is 0 Å². The van der Waals surface area contributed by atoms with Crippen molar-refractivity contribution in [2.45, 2.75) is 13.8 Å². The van der Waals surface area contributed by atoms with Crippen molar-refractivity contribution in [2.24, 2.45) is 9.39 Å². The van der Waals surface area contributed by atoms with Crippen LogP contribution in [0.1, 0.15) is 17.0 Å². The highest BCUT2D eigenvalue weighted by Gasteiger charge is 2.37. The highest BCUT2D eigenvalue weighted by molar-refractivity contribution is 8.18. The Morgan fingerprint density at radius 1 is 1.22 bits per heavy atom. The molecule has 2 aliphatic heterocycles. The summed E-state index contributed by atoms with van der Waals surface area (Å²) in [6.45, 7) is 4.04. The number of nitrogens with zero attached hydrogens (tertiary/aromatic N) is 4. The maximum Gasteiger partial charge on any atom is 0.283 e. The Balaban J connectivity index is 1.78. The first-order valence-corrected chi connectivity index (χ1v) is 10.3. The second-order valence-electron chi connectivity index (χ2n) is 6.11. The lowest BCUT2D eigenvalue weighted by Gasteiger charge is -2.23. The number of aromatic nitrogens is 1. The van der Waals surface area contributed by atoms with Gasteiger partial charge in [0.25, 0.3) is 5.91 Å². The molecule has 2 aliphatic rings. The van der Waals surface area contributed by atoms with E-state index >= 15 is 0 Å². The van der Waals surface area contributed by atoms with Crippen molar-refractivity contribution < 1.29 is 4.79 Å². The number of para-hydroxylation sites is 1. The molecule has 0 aliphatic carbocycles. The van der Waals surface area contributed by atoms with Crippen LogP contribution >= 0.6 is 23.7 Å². The van der Waals surface area contributed by atoms with E-state index in [1.807, 2.05) is 56.5 Å². The Bertz CT molecular complexity index is 1050. The van der Waals surface area contributed by atoms with Gasteiger partial charge in [-0.2, -0.15) is 9.39 Å². The zero-order valence-electron chi connectivity index (χ0n) is 15.1. The van der Waals surface area contributed by atoms with Crippen LogP contribution in [-0.4, -0.2) is 37.8 Å². The van der Waals surface area contributed by atoms with Crippen molar-refractivity contribution in [3.63, 3.8) is 0 Å². The van der Waals surface area contributed by atoms with Gasteiger partial charge in [-0.05, 0) is 49.9 Å². The monoisotopic (exact) mass is 395 g/mol. The number of benzene rings is 1. The van der Waals surface area contributed by atoms with E-state index in [1.54, 1.807) is 11.0 Å². The summed E-state index contributed by atoms with van der Waals surface area (Å²) in [5.41, 5.74) is 4.31. The minimum atomic E-state index is -0.402. The second-order valence-corrected chi connectivity index (χ2v) is 7.61. The van der Waals surface area contributed by atoms with E-state index in [4.69, 9.17) is 5.41 Å². The van der Waals surface area contributed by atoms with Gasteiger partial charge in [-0.3, -0.25) is 10.2 Å². The van der Waals surface area contributed by atoms with Crippen LogP contribution in [0.2, 0.25) is 0 Å². The number of nitrogens with one attached hydrogen (secondary N) is 1. The lowest BCUT2D eigenvalue weighted by Crippen LogP contribution is -2.41. The fourth-order valence-corrected chi connectivity index (χ4v) is 4.65. The van der Waals surface area contributed by atoms with Gasteiger partial charge in [-0.1, -0.05) is 30.0 Å². The van der Waals surface area contributed by atoms with E-state index in [0.29, 0.717) is 10.3 Å².